The number of hydrogen-bond donors (Lipinski definition) is 2. The van der Waals surface area contributed by atoms with Crippen LogP contribution in [0.15, 0.2) is 71.7 Å². The number of carbonyl (C=O) groups excluding carboxylic acids is 3. The quantitative estimate of drug-likeness (QED) is 0.605. The third-order valence-electron chi connectivity index (χ3n) is 7.54. The molecule has 2 aromatic rings. The lowest BCUT2D eigenvalue weighted by Crippen LogP contribution is -2.52. The van der Waals surface area contributed by atoms with Crippen molar-refractivity contribution in [2.45, 2.75) is 38.3 Å². The number of likely N-dealkylation sites (N-methyl/N-ethyl adjacent to an activating group) is 1. The Morgan fingerprint density at radius 3 is 2.40 bits per heavy atom. The minimum Gasteiger partial charge on any atom is -0.369 e. The molecule has 0 aromatic heterocycles. The van der Waals surface area contributed by atoms with E-state index in [2.05, 4.69) is 5.32 Å². The molecule has 1 saturated carbocycles. The number of carbonyl (C=O) groups is 3. The van der Waals surface area contributed by atoms with Crippen molar-refractivity contribution >= 4 is 29.1 Å². The molecule has 0 spiro atoms. The first-order valence-corrected chi connectivity index (χ1v) is 12.2. The van der Waals surface area contributed by atoms with Gasteiger partial charge in [-0.3, -0.25) is 14.4 Å². The van der Waals surface area contributed by atoms with E-state index in [0.29, 0.717) is 36.6 Å². The maximum atomic E-state index is 14.0. The number of para-hydroxylation sites is 1. The van der Waals surface area contributed by atoms with Crippen LogP contribution in [-0.2, 0) is 14.4 Å². The Kier molecular flexibility index (Phi) is 6.01. The molecule has 3 amide bonds. The number of benzodiazepines with no additional fused rings is 1. The first-order valence-electron chi connectivity index (χ1n) is 12.2. The minimum absolute atomic E-state index is 0.262. The van der Waals surface area contributed by atoms with E-state index >= 15 is 0 Å². The van der Waals surface area contributed by atoms with Crippen molar-refractivity contribution in [3.05, 3.63) is 77.9 Å². The third kappa shape index (κ3) is 4.27. The largest absolute Gasteiger partial charge is 0.369 e. The molecule has 2 aromatic carbocycles. The van der Waals surface area contributed by atoms with E-state index in [9.17, 15) is 14.4 Å². The van der Waals surface area contributed by atoms with Crippen LogP contribution < -0.4 is 11.1 Å². The molecule has 0 radical (unpaired) electrons. The first kappa shape index (κ1) is 23.0. The third-order valence-corrected chi connectivity index (χ3v) is 7.54. The van der Waals surface area contributed by atoms with Gasteiger partial charge in [-0.15, -0.1) is 0 Å². The molecule has 2 unspecified atom stereocenters. The second kappa shape index (κ2) is 9.13. The Labute approximate surface area is 205 Å². The van der Waals surface area contributed by atoms with Gasteiger partial charge in [0.25, 0.3) is 5.91 Å². The fourth-order valence-electron chi connectivity index (χ4n) is 5.28. The number of nitrogens with one attached hydrogen (secondary N) is 1. The van der Waals surface area contributed by atoms with Crippen LogP contribution in [0.3, 0.4) is 0 Å². The topological polar surface area (TPSA) is 105 Å². The van der Waals surface area contributed by atoms with E-state index < -0.39 is 23.4 Å². The van der Waals surface area contributed by atoms with E-state index in [1.165, 1.54) is 4.90 Å². The van der Waals surface area contributed by atoms with Crippen LogP contribution in [-0.4, -0.2) is 41.5 Å². The van der Waals surface area contributed by atoms with Gasteiger partial charge < -0.3 is 16.0 Å². The molecule has 1 aliphatic heterocycles. The summed E-state index contributed by atoms with van der Waals surface area (Å²) in [7, 11) is 1.60. The van der Waals surface area contributed by atoms with Gasteiger partial charge in [-0.05, 0) is 31.2 Å². The Bertz CT molecular complexity index is 1210. The second-order valence-corrected chi connectivity index (χ2v) is 9.83. The molecule has 1 heterocycles. The number of rotatable bonds is 7. The Hall–Kier alpha value is -3.74. The highest BCUT2D eigenvalue weighted by molar-refractivity contribution is 6.19. The summed E-state index contributed by atoms with van der Waals surface area (Å²) in [4.78, 5) is 46.3. The number of hydrogen-bond acceptors (Lipinski definition) is 4. The van der Waals surface area contributed by atoms with Gasteiger partial charge in [0, 0.05) is 18.2 Å². The zero-order chi connectivity index (χ0) is 24.6. The zero-order valence-corrected chi connectivity index (χ0v) is 19.8. The predicted molar refractivity (Wildman–Crippen MR) is 135 cm³/mol. The molecule has 180 valence electrons. The summed E-state index contributed by atoms with van der Waals surface area (Å²) in [5.41, 5.74) is 7.87. The summed E-state index contributed by atoms with van der Waals surface area (Å²) in [5, 5.41) is 2.95. The highest BCUT2D eigenvalue weighted by atomic mass is 16.2. The lowest BCUT2D eigenvalue weighted by Gasteiger charge is -2.37. The van der Waals surface area contributed by atoms with Gasteiger partial charge in [0.15, 0.2) is 0 Å². The van der Waals surface area contributed by atoms with Gasteiger partial charge in [0.05, 0.1) is 22.7 Å². The van der Waals surface area contributed by atoms with Crippen LogP contribution >= 0.6 is 0 Å². The van der Waals surface area contributed by atoms with Gasteiger partial charge in [0.2, 0.25) is 18.0 Å². The Morgan fingerprint density at radius 2 is 1.74 bits per heavy atom. The number of benzene rings is 2. The van der Waals surface area contributed by atoms with E-state index in [0.717, 1.165) is 24.0 Å². The molecule has 0 saturated heterocycles. The van der Waals surface area contributed by atoms with Crippen molar-refractivity contribution in [3.63, 3.8) is 0 Å². The molecule has 5 rings (SSSR count). The lowest BCUT2D eigenvalue weighted by molar-refractivity contribution is -0.149. The minimum atomic E-state index is -1.08. The SMILES string of the molecule is CN(C(=O)C(CC1CC1)C1(C(N)=O)CC=CC1)C1N=C(c2ccccc2)c2ccccc2NC1=O. The number of allylic oxidation sites excluding steroid dienone is 2. The van der Waals surface area contributed by atoms with E-state index in [-0.39, 0.29) is 11.8 Å². The highest BCUT2D eigenvalue weighted by Crippen LogP contribution is 2.48. The van der Waals surface area contributed by atoms with Gasteiger partial charge >= 0.3 is 0 Å². The van der Waals surface area contributed by atoms with Crippen LogP contribution in [0, 0.1) is 17.3 Å². The number of nitrogens with zero attached hydrogens (tertiary/aromatic N) is 2. The molecule has 2 aliphatic carbocycles. The van der Waals surface area contributed by atoms with Crippen LogP contribution in [0.2, 0.25) is 0 Å². The number of nitrogens with two attached hydrogens (primary N) is 1. The summed E-state index contributed by atoms with van der Waals surface area (Å²) in [6.07, 6.45) is 6.36. The van der Waals surface area contributed by atoms with Crippen molar-refractivity contribution in [1.82, 2.24) is 4.90 Å². The monoisotopic (exact) mass is 470 g/mol. The maximum Gasteiger partial charge on any atom is 0.269 e. The summed E-state index contributed by atoms with van der Waals surface area (Å²) in [5.74, 6) is -1.30. The van der Waals surface area contributed by atoms with E-state index in [4.69, 9.17) is 10.7 Å². The van der Waals surface area contributed by atoms with Crippen molar-refractivity contribution in [1.29, 1.82) is 0 Å². The fourth-order valence-corrected chi connectivity index (χ4v) is 5.28. The van der Waals surface area contributed by atoms with Crippen LogP contribution in [0.1, 0.15) is 43.2 Å². The molecular weight excluding hydrogens is 440 g/mol. The zero-order valence-electron chi connectivity index (χ0n) is 19.8. The number of anilines is 1. The summed E-state index contributed by atoms with van der Waals surface area (Å²) >= 11 is 0. The second-order valence-electron chi connectivity index (χ2n) is 9.83. The highest BCUT2D eigenvalue weighted by Gasteiger charge is 2.51. The molecular formula is C28H30N4O3. The molecule has 7 nitrogen and oxygen atoms in total. The average Bonchev–Trinajstić information content (AvgIpc) is 3.58. The van der Waals surface area contributed by atoms with E-state index in [1.54, 1.807) is 7.05 Å². The smallest absolute Gasteiger partial charge is 0.269 e. The predicted octanol–water partition coefficient (Wildman–Crippen LogP) is 3.50. The number of fused-ring (bicyclic) bond motifs is 1. The average molecular weight is 471 g/mol. The summed E-state index contributed by atoms with van der Waals surface area (Å²) in [6, 6.07) is 17.1. The van der Waals surface area contributed by atoms with Gasteiger partial charge in [-0.25, -0.2) is 4.99 Å². The maximum absolute atomic E-state index is 14.0. The van der Waals surface area contributed by atoms with Gasteiger partial charge in [0.1, 0.15) is 0 Å². The summed E-state index contributed by atoms with van der Waals surface area (Å²) in [6.45, 7) is 0. The molecule has 7 heteroatoms. The fraction of sp³-hybridized carbons (Fsp3) is 0.357. The number of amides is 3. The van der Waals surface area contributed by atoms with Crippen molar-refractivity contribution < 1.29 is 14.4 Å². The van der Waals surface area contributed by atoms with Crippen LogP contribution in [0.4, 0.5) is 5.69 Å². The van der Waals surface area contributed by atoms with Crippen molar-refractivity contribution in [2.24, 2.45) is 28.0 Å². The Morgan fingerprint density at radius 1 is 1.09 bits per heavy atom. The van der Waals surface area contributed by atoms with Crippen molar-refractivity contribution in [2.75, 3.05) is 12.4 Å². The van der Waals surface area contributed by atoms with Gasteiger partial charge in [-0.2, -0.15) is 0 Å². The van der Waals surface area contributed by atoms with Crippen LogP contribution in [0.5, 0.6) is 0 Å². The first-order chi connectivity index (χ1) is 16.9. The lowest BCUT2D eigenvalue weighted by atomic mass is 9.69. The van der Waals surface area contributed by atoms with Crippen molar-refractivity contribution in [3.8, 4) is 0 Å². The number of primary amides is 1. The molecule has 2 atom stereocenters. The molecule has 3 N–H and O–H groups in total. The summed E-state index contributed by atoms with van der Waals surface area (Å²) < 4.78 is 0. The van der Waals surface area contributed by atoms with Crippen LogP contribution in [0.25, 0.3) is 0 Å². The standard InChI is InChI=1S/C28H30N4O3/c1-32(26(34)21(17-18-13-14-18)28(27(29)35)15-7-8-16-28)24-25(33)30-22-12-6-5-11-20(22)23(31-24)19-9-3-2-4-10-19/h2-12,18,21,24H,13-17H2,1H3,(H2,29,35)(H,30,33). The molecule has 3 aliphatic rings. The number of aliphatic imine (C=N–C) groups is 1. The molecule has 1 fully saturated rings. The normalized spacial score (nSPS) is 21.3. The van der Waals surface area contributed by atoms with E-state index in [1.807, 2.05) is 66.7 Å². The molecule has 35 heavy (non-hydrogen) atoms. The Balaban J connectivity index is 1.54. The molecule has 0 bridgehead atoms. The van der Waals surface area contributed by atoms with Gasteiger partial charge in [-0.1, -0.05) is 73.5 Å².